The van der Waals surface area contributed by atoms with Gasteiger partial charge in [-0.05, 0) is 56.0 Å². The zero-order chi connectivity index (χ0) is 19.6. The Hall–Kier alpha value is -1.12. The van der Waals surface area contributed by atoms with Crippen LogP contribution in [0.2, 0.25) is 5.02 Å². The second-order valence-corrected chi connectivity index (χ2v) is 9.32. The molecule has 1 aromatic heterocycles. The van der Waals surface area contributed by atoms with Gasteiger partial charge in [0.05, 0.1) is 11.8 Å². The second kappa shape index (κ2) is 8.49. The standard InChI is InChI=1S/C16H19ClN2O.C3H8O3S/c17-11-3-4-14-13(8-11)12-5-7-19-6-1-2-10(9-20)16(19)15(12)18-14;1-2-3-7(4,5)6/h3-4,8,10,16,18,20H,1-2,5-7,9H2;2-3H2,1H3,(H,4,5,6)/t10-,16?;/m1./s1. The van der Waals surface area contributed by atoms with Gasteiger partial charge in [0, 0.05) is 40.7 Å². The Kier molecular flexibility index (Phi) is 6.48. The Morgan fingerprint density at radius 2 is 2.11 bits per heavy atom. The first-order chi connectivity index (χ1) is 12.8. The van der Waals surface area contributed by atoms with E-state index in [9.17, 15) is 13.5 Å². The molecule has 0 amide bonds. The predicted octanol–water partition coefficient (Wildman–Crippen LogP) is 3.41. The third-order valence-electron chi connectivity index (χ3n) is 5.40. The van der Waals surface area contributed by atoms with Gasteiger partial charge in [0.15, 0.2) is 0 Å². The SMILES string of the molecule is CCCS(=O)(=O)O.OC[C@H]1CCCN2CCc3c([nH]c4ccc(Cl)cc34)C12. The van der Waals surface area contributed by atoms with Crippen molar-refractivity contribution in [2.24, 2.45) is 5.92 Å². The third kappa shape index (κ3) is 4.66. The minimum atomic E-state index is -3.67. The van der Waals surface area contributed by atoms with E-state index in [0.29, 0.717) is 18.4 Å². The lowest BCUT2D eigenvalue weighted by molar-refractivity contribution is 0.0465. The second-order valence-electron chi connectivity index (χ2n) is 7.31. The molecule has 27 heavy (non-hydrogen) atoms. The van der Waals surface area contributed by atoms with Crippen LogP contribution in [0.4, 0.5) is 0 Å². The van der Waals surface area contributed by atoms with Crippen molar-refractivity contribution in [2.75, 3.05) is 25.4 Å². The van der Waals surface area contributed by atoms with Crippen molar-refractivity contribution < 1.29 is 18.1 Å². The van der Waals surface area contributed by atoms with Crippen molar-refractivity contribution in [1.82, 2.24) is 9.88 Å². The van der Waals surface area contributed by atoms with Crippen LogP contribution in [-0.2, 0) is 16.5 Å². The molecule has 4 rings (SSSR count). The molecule has 0 spiro atoms. The van der Waals surface area contributed by atoms with E-state index in [4.69, 9.17) is 16.2 Å². The van der Waals surface area contributed by atoms with Crippen molar-refractivity contribution in [2.45, 2.75) is 38.6 Å². The minimum absolute atomic E-state index is 0.132. The Morgan fingerprint density at radius 1 is 1.33 bits per heavy atom. The average Bonchev–Trinajstić information content (AvgIpc) is 2.98. The number of hydrogen-bond donors (Lipinski definition) is 3. The number of aliphatic hydroxyl groups is 1. The summed E-state index contributed by atoms with van der Waals surface area (Å²) in [4.78, 5) is 6.13. The van der Waals surface area contributed by atoms with E-state index in [2.05, 4.69) is 22.0 Å². The maximum absolute atomic E-state index is 9.79. The molecule has 6 nitrogen and oxygen atoms in total. The first-order valence-corrected chi connectivity index (χ1v) is 11.4. The van der Waals surface area contributed by atoms with E-state index >= 15 is 0 Å². The number of hydrogen-bond acceptors (Lipinski definition) is 4. The first-order valence-electron chi connectivity index (χ1n) is 9.44. The van der Waals surface area contributed by atoms with Crippen LogP contribution in [0.1, 0.15) is 43.5 Å². The van der Waals surface area contributed by atoms with Crippen LogP contribution in [-0.4, -0.2) is 53.4 Å². The lowest BCUT2D eigenvalue weighted by Gasteiger charge is -2.43. The molecule has 150 valence electrons. The van der Waals surface area contributed by atoms with Gasteiger partial charge >= 0.3 is 0 Å². The highest BCUT2D eigenvalue weighted by atomic mass is 35.5. The Balaban J connectivity index is 0.000000260. The van der Waals surface area contributed by atoms with E-state index in [-0.39, 0.29) is 12.4 Å². The molecule has 0 bridgehead atoms. The molecule has 1 aromatic carbocycles. The summed E-state index contributed by atoms with van der Waals surface area (Å²) in [7, 11) is -3.67. The molecule has 3 N–H and O–H groups in total. The predicted molar refractivity (Wildman–Crippen MR) is 108 cm³/mol. The fraction of sp³-hybridized carbons (Fsp3) is 0.579. The molecule has 1 unspecified atom stereocenters. The van der Waals surface area contributed by atoms with Gasteiger partial charge in [-0.25, -0.2) is 0 Å². The van der Waals surface area contributed by atoms with Crippen LogP contribution < -0.4 is 0 Å². The number of nitrogens with zero attached hydrogens (tertiary/aromatic N) is 1. The number of aromatic amines is 1. The molecule has 0 radical (unpaired) electrons. The van der Waals surface area contributed by atoms with Crippen LogP contribution >= 0.6 is 11.6 Å². The molecule has 8 heteroatoms. The molecule has 1 saturated heterocycles. The van der Waals surface area contributed by atoms with Crippen LogP contribution in [0.25, 0.3) is 10.9 Å². The molecule has 2 aliphatic rings. The first kappa shape index (κ1) is 20.6. The molecule has 0 saturated carbocycles. The number of rotatable bonds is 3. The number of fused-ring (bicyclic) bond motifs is 5. The maximum Gasteiger partial charge on any atom is 0.264 e. The normalized spacial score (nSPS) is 22.7. The van der Waals surface area contributed by atoms with Gasteiger partial charge in [-0.2, -0.15) is 8.42 Å². The molecule has 3 heterocycles. The van der Waals surface area contributed by atoms with E-state index in [1.165, 1.54) is 28.6 Å². The van der Waals surface area contributed by atoms with E-state index in [0.717, 1.165) is 31.0 Å². The minimum Gasteiger partial charge on any atom is -0.396 e. The number of nitrogens with one attached hydrogen (secondary N) is 1. The summed E-state index contributed by atoms with van der Waals surface area (Å²) in [5.74, 6) is 0.221. The third-order valence-corrected chi connectivity index (χ3v) is 6.56. The van der Waals surface area contributed by atoms with Gasteiger partial charge in [0.25, 0.3) is 10.1 Å². The van der Waals surface area contributed by atoms with E-state index in [1.807, 2.05) is 6.07 Å². The van der Waals surface area contributed by atoms with Crippen LogP contribution in [0, 0.1) is 5.92 Å². The molecule has 1 fully saturated rings. The molecular weight excluding hydrogens is 388 g/mol. The lowest BCUT2D eigenvalue weighted by Crippen LogP contribution is -2.44. The van der Waals surface area contributed by atoms with Gasteiger partial charge in [0.2, 0.25) is 0 Å². The Morgan fingerprint density at radius 3 is 2.74 bits per heavy atom. The topological polar surface area (TPSA) is 93.6 Å². The molecular formula is C19H27ClN2O4S. The summed E-state index contributed by atoms with van der Waals surface area (Å²) in [5.41, 5.74) is 3.89. The van der Waals surface area contributed by atoms with Crippen molar-refractivity contribution in [1.29, 1.82) is 0 Å². The summed E-state index contributed by atoms with van der Waals surface area (Å²) in [6, 6.07) is 6.42. The van der Waals surface area contributed by atoms with Gasteiger partial charge in [0.1, 0.15) is 0 Å². The quantitative estimate of drug-likeness (QED) is 0.669. The smallest absolute Gasteiger partial charge is 0.264 e. The van der Waals surface area contributed by atoms with Gasteiger partial charge in [-0.1, -0.05) is 18.5 Å². The Bertz CT molecular complexity index is 896. The van der Waals surface area contributed by atoms with Crippen LogP contribution in [0.5, 0.6) is 0 Å². The van der Waals surface area contributed by atoms with Crippen molar-refractivity contribution in [3.63, 3.8) is 0 Å². The number of aromatic nitrogens is 1. The van der Waals surface area contributed by atoms with Gasteiger partial charge < -0.3 is 10.1 Å². The molecule has 2 aromatic rings. The summed E-state index contributed by atoms with van der Waals surface area (Å²) in [5, 5.41) is 11.8. The molecule has 2 atom stereocenters. The number of aliphatic hydroxyl groups excluding tert-OH is 1. The zero-order valence-corrected chi connectivity index (χ0v) is 17.1. The van der Waals surface area contributed by atoms with E-state index < -0.39 is 10.1 Å². The van der Waals surface area contributed by atoms with Crippen molar-refractivity contribution in [3.05, 3.63) is 34.5 Å². The number of benzene rings is 1. The highest BCUT2D eigenvalue weighted by Crippen LogP contribution is 2.42. The number of H-pyrrole nitrogens is 1. The summed E-state index contributed by atoms with van der Waals surface area (Å²) in [6.45, 7) is 4.20. The fourth-order valence-electron chi connectivity index (χ4n) is 4.29. The van der Waals surface area contributed by atoms with Crippen molar-refractivity contribution >= 4 is 32.6 Å². The summed E-state index contributed by atoms with van der Waals surface area (Å²) in [6.07, 6.45) is 3.86. The highest BCUT2D eigenvalue weighted by molar-refractivity contribution is 7.85. The van der Waals surface area contributed by atoms with Crippen LogP contribution in [0.15, 0.2) is 18.2 Å². The summed E-state index contributed by atoms with van der Waals surface area (Å²) >= 11 is 6.15. The number of piperidine rings is 1. The number of halogens is 1. The van der Waals surface area contributed by atoms with E-state index in [1.54, 1.807) is 6.92 Å². The van der Waals surface area contributed by atoms with Crippen molar-refractivity contribution in [3.8, 4) is 0 Å². The van der Waals surface area contributed by atoms with Crippen LogP contribution in [0.3, 0.4) is 0 Å². The highest BCUT2D eigenvalue weighted by Gasteiger charge is 2.37. The summed E-state index contributed by atoms with van der Waals surface area (Å²) < 4.78 is 27.6. The zero-order valence-electron chi connectivity index (χ0n) is 15.5. The molecule has 0 aliphatic carbocycles. The van der Waals surface area contributed by atoms with Gasteiger partial charge in [-0.3, -0.25) is 9.45 Å². The Labute approximate surface area is 165 Å². The monoisotopic (exact) mass is 414 g/mol. The lowest BCUT2D eigenvalue weighted by atomic mass is 9.83. The maximum atomic E-state index is 9.79. The van der Waals surface area contributed by atoms with Gasteiger partial charge in [-0.15, -0.1) is 0 Å². The largest absolute Gasteiger partial charge is 0.396 e. The average molecular weight is 415 g/mol. The fourth-order valence-corrected chi connectivity index (χ4v) is 4.98. The molecule has 2 aliphatic heterocycles.